The Kier molecular flexibility index (Phi) is 4.03. The lowest BCUT2D eigenvalue weighted by molar-refractivity contribution is -0.118. The summed E-state index contributed by atoms with van der Waals surface area (Å²) in [4.78, 5) is 29.6. The van der Waals surface area contributed by atoms with Gasteiger partial charge in [-0.05, 0) is 72.9 Å². The third-order valence-electron chi connectivity index (χ3n) is 8.58. The first-order chi connectivity index (χ1) is 15.2. The molecule has 2 saturated carbocycles. The Balaban J connectivity index is 1.53. The van der Waals surface area contributed by atoms with Crippen molar-refractivity contribution in [2.45, 2.75) is 56.1 Å². The van der Waals surface area contributed by atoms with Crippen LogP contribution in [-0.2, 0) is 18.3 Å². The second kappa shape index (κ2) is 6.45. The number of benzene rings is 1. The fourth-order valence-electron chi connectivity index (χ4n) is 7.04. The molecule has 1 aromatic heterocycles. The van der Waals surface area contributed by atoms with E-state index in [1.807, 2.05) is 13.0 Å². The molecule has 4 atom stereocenters. The van der Waals surface area contributed by atoms with Gasteiger partial charge in [-0.1, -0.05) is 6.07 Å². The van der Waals surface area contributed by atoms with Gasteiger partial charge in [-0.25, -0.2) is 0 Å². The molecule has 4 aliphatic rings. The minimum atomic E-state index is -1.07. The van der Waals surface area contributed by atoms with Crippen LogP contribution in [-0.4, -0.2) is 50.7 Å². The number of hydrogen-bond acceptors (Lipinski definition) is 5. The zero-order chi connectivity index (χ0) is 22.4. The number of pyridine rings is 1. The molecule has 1 amide bonds. The molecule has 2 aromatic rings. The Bertz CT molecular complexity index is 1200. The number of likely N-dealkylation sites (tertiary alicyclic amines) is 1. The van der Waals surface area contributed by atoms with Crippen LogP contribution in [0.4, 0.5) is 0 Å². The zero-order valence-electron chi connectivity index (χ0n) is 18.2. The summed E-state index contributed by atoms with van der Waals surface area (Å²) in [6.07, 6.45) is 4.13. The van der Waals surface area contributed by atoms with Crippen LogP contribution in [0.15, 0.2) is 29.1 Å². The van der Waals surface area contributed by atoms with Gasteiger partial charge in [0.15, 0.2) is 0 Å². The molecule has 3 fully saturated rings. The third kappa shape index (κ3) is 2.61. The van der Waals surface area contributed by atoms with Crippen LogP contribution >= 0.6 is 0 Å². The van der Waals surface area contributed by atoms with E-state index in [-0.39, 0.29) is 17.4 Å². The number of nitrogens with one attached hydrogen (secondary N) is 1. The fraction of sp³-hybridized carbons (Fsp3) is 0.520. The number of carbonyl (C=O) groups is 1. The van der Waals surface area contributed by atoms with Crippen LogP contribution in [0.5, 0.6) is 5.75 Å². The molecule has 6 rings (SSSR count). The number of aromatic nitrogens is 1. The van der Waals surface area contributed by atoms with Crippen LogP contribution in [0.3, 0.4) is 0 Å². The molecule has 32 heavy (non-hydrogen) atoms. The van der Waals surface area contributed by atoms with Crippen LogP contribution in [0.25, 0.3) is 0 Å². The number of rotatable bonds is 4. The summed E-state index contributed by atoms with van der Waals surface area (Å²) >= 11 is 0. The highest BCUT2D eigenvalue weighted by atomic mass is 16.3. The molecule has 7 nitrogen and oxygen atoms in total. The van der Waals surface area contributed by atoms with Crippen molar-refractivity contribution in [3.05, 3.63) is 62.6 Å². The molecule has 1 aliphatic heterocycles. The summed E-state index contributed by atoms with van der Waals surface area (Å²) in [5, 5.41) is 22.9. The van der Waals surface area contributed by atoms with Gasteiger partial charge in [0.1, 0.15) is 11.3 Å². The number of aromatic hydroxyl groups is 1. The number of amides is 1. The molecule has 168 valence electrons. The number of aliphatic hydroxyl groups is 1. The van der Waals surface area contributed by atoms with Crippen LogP contribution in [0, 0.1) is 18.8 Å². The molecule has 1 saturated heterocycles. The van der Waals surface area contributed by atoms with Crippen LogP contribution in [0.2, 0.25) is 0 Å². The zero-order valence-corrected chi connectivity index (χ0v) is 18.2. The maximum absolute atomic E-state index is 12.5. The number of hydrogen-bond donors (Lipinski definition) is 4. The average molecular weight is 436 g/mol. The first-order valence-corrected chi connectivity index (χ1v) is 11.5. The van der Waals surface area contributed by atoms with Crippen molar-refractivity contribution in [3.63, 3.8) is 0 Å². The number of nitrogens with zero attached hydrogens (tertiary/aromatic N) is 1. The smallest absolute Gasteiger partial charge is 0.261 e. The summed E-state index contributed by atoms with van der Waals surface area (Å²) < 4.78 is 0. The predicted octanol–water partition coefficient (Wildman–Crippen LogP) is 1.37. The van der Waals surface area contributed by atoms with Gasteiger partial charge in [-0.2, -0.15) is 0 Å². The van der Waals surface area contributed by atoms with Crippen LogP contribution < -0.4 is 11.3 Å². The highest BCUT2D eigenvalue weighted by molar-refractivity contribution is 5.92. The quantitative estimate of drug-likeness (QED) is 0.578. The number of carbonyl (C=O) groups excluding carboxylic acids is 1. The summed E-state index contributed by atoms with van der Waals surface area (Å²) in [5.74, 6) is 0.507. The van der Waals surface area contributed by atoms with E-state index in [4.69, 9.17) is 5.73 Å². The molecular formula is C25H29N3O4. The number of fused-ring (bicyclic) bond motifs is 4. The number of H-pyrrole nitrogens is 1. The number of primary amides is 1. The van der Waals surface area contributed by atoms with Gasteiger partial charge in [0.25, 0.3) is 11.5 Å². The number of phenols is 1. The Morgan fingerprint density at radius 2 is 2.06 bits per heavy atom. The normalized spacial score (nSPS) is 33.2. The predicted molar refractivity (Wildman–Crippen MR) is 119 cm³/mol. The molecule has 5 N–H and O–H groups in total. The van der Waals surface area contributed by atoms with Gasteiger partial charge < -0.3 is 20.9 Å². The molecular weight excluding hydrogens is 406 g/mol. The molecule has 1 aromatic carbocycles. The van der Waals surface area contributed by atoms with Gasteiger partial charge in [0.05, 0.1) is 5.60 Å². The molecule has 4 unspecified atom stereocenters. The van der Waals surface area contributed by atoms with Crippen molar-refractivity contribution in [3.8, 4) is 5.75 Å². The monoisotopic (exact) mass is 435 g/mol. The van der Waals surface area contributed by atoms with E-state index < -0.39 is 22.5 Å². The maximum atomic E-state index is 12.5. The minimum absolute atomic E-state index is 0.0296. The minimum Gasteiger partial charge on any atom is -0.508 e. The van der Waals surface area contributed by atoms with Crippen molar-refractivity contribution < 1.29 is 15.0 Å². The van der Waals surface area contributed by atoms with E-state index in [1.165, 1.54) is 12.8 Å². The van der Waals surface area contributed by atoms with Gasteiger partial charge in [-0.3, -0.25) is 14.5 Å². The van der Waals surface area contributed by atoms with E-state index in [1.54, 1.807) is 18.2 Å². The summed E-state index contributed by atoms with van der Waals surface area (Å²) in [6.45, 7) is 4.01. The van der Waals surface area contributed by atoms with E-state index >= 15 is 0 Å². The van der Waals surface area contributed by atoms with Gasteiger partial charge in [0.2, 0.25) is 0 Å². The number of nitrogens with two attached hydrogens (primary N) is 1. The molecule has 3 aliphatic carbocycles. The van der Waals surface area contributed by atoms with Crippen molar-refractivity contribution in [2.24, 2.45) is 17.6 Å². The molecule has 2 heterocycles. The number of aryl methyl sites for hydroxylation is 1. The molecule has 0 spiro atoms. The number of aromatic amines is 1. The van der Waals surface area contributed by atoms with Crippen molar-refractivity contribution in [1.29, 1.82) is 0 Å². The summed E-state index contributed by atoms with van der Waals surface area (Å²) in [7, 11) is 0. The van der Waals surface area contributed by atoms with Gasteiger partial charge in [-0.15, -0.1) is 0 Å². The lowest BCUT2D eigenvalue weighted by Gasteiger charge is -2.55. The fourth-order valence-corrected chi connectivity index (χ4v) is 7.04. The standard InChI is InChI=1S/C25H29N3O4/c1-13-2-5-17(29)7-19(13)24-8-16-12-28(11-14-3-4-14)21(16)25(24,32)9-15-6-18(22(26)30)23(31)27-20(15)10-24/h2,5-7,14,16,21,29,32H,3-4,8-12H2,1H3,(H2,26,30)(H,27,31). The summed E-state index contributed by atoms with van der Waals surface area (Å²) in [6, 6.07) is 6.97. The van der Waals surface area contributed by atoms with Crippen molar-refractivity contribution in [2.75, 3.05) is 13.1 Å². The average Bonchev–Trinajstić information content (AvgIpc) is 3.50. The Hall–Kier alpha value is -2.64. The van der Waals surface area contributed by atoms with Crippen molar-refractivity contribution >= 4 is 5.91 Å². The summed E-state index contributed by atoms with van der Waals surface area (Å²) in [5.41, 5.74) is 6.71. The van der Waals surface area contributed by atoms with Crippen LogP contribution in [0.1, 0.15) is 52.0 Å². The second-order valence-electron chi connectivity index (χ2n) is 10.5. The Morgan fingerprint density at radius 3 is 2.78 bits per heavy atom. The third-order valence-corrected chi connectivity index (χ3v) is 8.58. The largest absolute Gasteiger partial charge is 0.508 e. The highest BCUT2D eigenvalue weighted by Crippen LogP contribution is 2.62. The highest BCUT2D eigenvalue weighted by Gasteiger charge is 2.70. The first-order valence-electron chi connectivity index (χ1n) is 11.5. The van der Waals surface area contributed by atoms with E-state index in [0.717, 1.165) is 47.8 Å². The van der Waals surface area contributed by atoms with Gasteiger partial charge in [0, 0.05) is 43.1 Å². The maximum Gasteiger partial charge on any atom is 0.261 e. The lowest BCUT2D eigenvalue weighted by atomic mass is 9.59. The first kappa shape index (κ1) is 20.0. The number of phenolic OH excluding ortho intramolecular Hbond substituents is 1. The van der Waals surface area contributed by atoms with Crippen molar-refractivity contribution in [1.82, 2.24) is 9.88 Å². The SMILES string of the molecule is Cc1ccc(O)cc1C12Cc3[nH]c(=O)c(C(N)=O)cc3CC1(O)C1C(CN1CC1CC1)C2. The van der Waals surface area contributed by atoms with E-state index in [2.05, 4.69) is 9.88 Å². The topological polar surface area (TPSA) is 120 Å². The Morgan fingerprint density at radius 1 is 1.28 bits per heavy atom. The van der Waals surface area contributed by atoms with E-state index in [9.17, 15) is 19.8 Å². The molecule has 0 radical (unpaired) electrons. The second-order valence-corrected chi connectivity index (χ2v) is 10.5. The molecule has 0 bridgehead atoms. The molecule has 7 heteroatoms. The Labute approximate surface area is 186 Å². The van der Waals surface area contributed by atoms with E-state index in [0.29, 0.717) is 18.8 Å². The van der Waals surface area contributed by atoms with Gasteiger partial charge >= 0.3 is 0 Å². The lowest BCUT2D eigenvalue weighted by Crippen LogP contribution is -2.68.